The Balaban J connectivity index is 2.32. The Kier molecular flexibility index (Phi) is 1.62. The van der Waals surface area contributed by atoms with E-state index >= 15 is 0 Å². The molecule has 2 rings (SSSR count). The van der Waals surface area contributed by atoms with Crippen molar-refractivity contribution in [2.45, 2.75) is 25.4 Å². The van der Waals surface area contributed by atoms with Gasteiger partial charge in [-0.15, -0.1) is 0 Å². The fourth-order valence-corrected chi connectivity index (χ4v) is 2.42. The van der Waals surface area contributed by atoms with Crippen LogP contribution in [0.2, 0.25) is 0 Å². The molecule has 0 saturated heterocycles. The highest BCUT2D eigenvalue weighted by atomic mass is 16.5. The maximum absolute atomic E-state index is 11.6. The summed E-state index contributed by atoms with van der Waals surface area (Å²) < 4.78 is 5.32. The normalized spacial score (nSPS) is 45.3. The van der Waals surface area contributed by atoms with Crippen LogP contribution >= 0.6 is 0 Å². The van der Waals surface area contributed by atoms with Crippen molar-refractivity contribution in [2.24, 2.45) is 11.8 Å². The molecule has 1 saturated carbocycles. The van der Waals surface area contributed by atoms with Gasteiger partial charge in [-0.05, 0) is 19.3 Å². The number of fused-ring (bicyclic) bond motifs is 1. The highest BCUT2D eigenvalue weighted by Crippen LogP contribution is 2.45. The van der Waals surface area contributed by atoms with Gasteiger partial charge in [0.2, 0.25) is 0 Å². The van der Waals surface area contributed by atoms with Gasteiger partial charge < -0.3 is 4.74 Å². The lowest BCUT2D eigenvalue weighted by Gasteiger charge is -2.26. The van der Waals surface area contributed by atoms with Crippen LogP contribution in [-0.2, 0) is 9.53 Å². The summed E-state index contributed by atoms with van der Waals surface area (Å²) >= 11 is 0. The molecule has 66 valence electrons. The first-order valence-corrected chi connectivity index (χ1v) is 4.43. The number of ether oxygens (including phenoxy) is 1. The molecule has 0 aromatic carbocycles. The summed E-state index contributed by atoms with van der Waals surface area (Å²) in [6, 6.07) is 0. The van der Waals surface area contributed by atoms with Crippen LogP contribution in [0.25, 0.3) is 0 Å². The number of hydrogen-bond acceptors (Lipinski definition) is 2. The monoisotopic (exact) mass is 166 g/mol. The van der Waals surface area contributed by atoms with Gasteiger partial charge in [0, 0.05) is 19.4 Å². The first-order chi connectivity index (χ1) is 5.68. The molecule has 0 aliphatic heterocycles. The lowest BCUT2D eigenvalue weighted by molar-refractivity contribution is -0.137. The number of rotatable bonds is 1. The van der Waals surface area contributed by atoms with E-state index in [0.717, 1.165) is 6.42 Å². The summed E-state index contributed by atoms with van der Waals surface area (Å²) in [6.07, 6.45) is 6.05. The van der Waals surface area contributed by atoms with Gasteiger partial charge in [-0.3, -0.25) is 4.79 Å². The van der Waals surface area contributed by atoms with Crippen molar-refractivity contribution >= 4 is 5.78 Å². The van der Waals surface area contributed by atoms with Crippen molar-refractivity contribution < 1.29 is 9.53 Å². The van der Waals surface area contributed by atoms with Crippen molar-refractivity contribution in [3.8, 4) is 0 Å². The van der Waals surface area contributed by atoms with Gasteiger partial charge in [-0.1, -0.05) is 12.2 Å². The molecular formula is C10H14O2. The Morgan fingerprint density at radius 3 is 3.08 bits per heavy atom. The SMILES string of the molecule is CO[C@]1(C)C(=O)C[C@H]2CC=C[C@H]21. The molecule has 0 N–H and O–H groups in total. The predicted molar refractivity (Wildman–Crippen MR) is 45.8 cm³/mol. The molecule has 2 aliphatic rings. The Bertz CT molecular complexity index is 244. The molecule has 0 amide bonds. The van der Waals surface area contributed by atoms with E-state index in [2.05, 4.69) is 12.2 Å². The lowest BCUT2D eigenvalue weighted by Crippen LogP contribution is -2.38. The van der Waals surface area contributed by atoms with Crippen LogP contribution < -0.4 is 0 Å². The van der Waals surface area contributed by atoms with Crippen LogP contribution in [0, 0.1) is 11.8 Å². The molecule has 2 heteroatoms. The molecule has 3 atom stereocenters. The maximum Gasteiger partial charge on any atom is 0.165 e. The third-order valence-corrected chi connectivity index (χ3v) is 3.35. The molecule has 2 aliphatic carbocycles. The van der Waals surface area contributed by atoms with Crippen LogP contribution in [-0.4, -0.2) is 18.5 Å². The number of hydrogen-bond donors (Lipinski definition) is 0. The fourth-order valence-electron chi connectivity index (χ4n) is 2.42. The van der Waals surface area contributed by atoms with Crippen molar-refractivity contribution in [3.05, 3.63) is 12.2 Å². The summed E-state index contributed by atoms with van der Waals surface area (Å²) in [6.45, 7) is 1.91. The zero-order chi connectivity index (χ0) is 8.77. The van der Waals surface area contributed by atoms with E-state index in [0.29, 0.717) is 18.3 Å². The van der Waals surface area contributed by atoms with E-state index in [1.807, 2.05) is 6.92 Å². The topological polar surface area (TPSA) is 26.3 Å². The van der Waals surface area contributed by atoms with E-state index in [1.165, 1.54) is 0 Å². The Morgan fingerprint density at radius 2 is 2.42 bits per heavy atom. The summed E-state index contributed by atoms with van der Waals surface area (Å²) in [5.41, 5.74) is -0.530. The molecule has 0 unspecified atom stereocenters. The number of ketones is 1. The van der Waals surface area contributed by atoms with Gasteiger partial charge in [0.1, 0.15) is 5.60 Å². The van der Waals surface area contributed by atoms with Gasteiger partial charge in [0.25, 0.3) is 0 Å². The van der Waals surface area contributed by atoms with Crippen LogP contribution in [0.4, 0.5) is 0 Å². The van der Waals surface area contributed by atoms with E-state index < -0.39 is 5.60 Å². The van der Waals surface area contributed by atoms with E-state index in [-0.39, 0.29) is 5.78 Å². The van der Waals surface area contributed by atoms with E-state index in [4.69, 9.17) is 4.74 Å². The van der Waals surface area contributed by atoms with E-state index in [9.17, 15) is 4.79 Å². The number of allylic oxidation sites excluding steroid dienone is 1. The van der Waals surface area contributed by atoms with Gasteiger partial charge >= 0.3 is 0 Å². The third-order valence-electron chi connectivity index (χ3n) is 3.35. The Morgan fingerprint density at radius 1 is 1.67 bits per heavy atom. The molecule has 0 aromatic heterocycles. The molecule has 0 heterocycles. The quantitative estimate of drug-likeness (QED) is 0.552. The molecule has 2 nitrogen and oxygen atoms in total. The molecule has 12 heavy (non-hydrogen) atoms. The van der Waals surface area contributed by atoms with Gasteiger partial charge in [-0.25, -0.2) is 0 Å². The number of Topliss-reactive ketones (excluding diaryl/α,β-unsaturated/α-hetero) is 1. The van der Waals surface area contributed by atoms with Crippen LogP contribution in [0.15, 0.2) is 12.2 Å². The Labute approximate surface area is 72.6 Å². The average Bonchev–Trinajstić information content (AvgIpc) is 2.57. The maximum atomic E-state index is 11.6. The molecule has 0 spiro atoms. The summed E-state index contributed by atoms with van der Waals surface area (Å²) in [5.74, 6) is 1.11. The highest BCUT2D eigenvalue weighted by molar-refractivity contribution is 5.90. The summed E-state index contributed by atoms with van der Waals surface area (Å²) in [7, 11) is 1.63. The van der Waals surface area contributed by atoms with Crippen LogP contribution in [0.3, 0.4) is 0 Å². The molecular weight excluding hydrogens is 152 g/mol. The number of carbonyl (C=O) groups excluding carboxylic acids is 1. The largest absolute Gasteiger partial charge is 0.370 e. The zero-order valence-electron chi connectivity index (χ0n) is 7.54. The van der Waals surface area contributed by atoms with Gasteiger partial charge in [0.15, 0.2) is 5.78 Å². The second-order valence-electron chi connectivity index (χ2n) is 3.89. The van der Waals surface area contributed by atoms with Crippen molar-refractivity contribution in [1.29, 1.82) is 0 Å². The first-order valence-electron chi connectivity index (χ1n) is 4.43. The van der Waals surface area contributed by atoms with Crippen LogP contribution in [0.5, 0.6) is 0 Å². The zero-order valence-corrected chi connectivity index (χ0v) is 7.54. The highest BCUT2D eigenvalue weighted by Gasteiger charge is 2.51. The standard InChI is InChI=1S/C10H14O2/c1-10(12-2)8-5-3-4-7(8)6-9(10)11/h3,5,7-8H,4,6H2,1-2H3/t7-,8-,10+/m1/s1. The van der Waals surface area contributed by atoms with Crippen molar-refractivity contribution in [3.63, 3.8) is 0 Å². The summed E-state index contributed by atoms with van der Waals surface area (Å²) in [5, 5.41) is 0. The molecule has 1 fully saturated rings. The van der Waals surface area contributed by atoms with Gasteiger partial charge in [-0.2, -0.15) is 0 Å². The second-order valence-corrected chi connectivity index (χ2v) is 3.89. The lowest BCUT2D eigenvalue weighted by atomic mass is 9.89. The number of carbonyl (C=O) groups is 1. The minimum absolute atomic E-state index is 0.268. The predicted octanol–water partition coefficient (Wildman–Crippen LogP) is 1.56. The third kappa shape index (κ3) is 0.816. The fraction of sp³-hybridized carbons (Fsp3) is 0.700. The smallest absolute Gasteiger partial charge is 0.165 e. The molecule has 0 radical (unpaired) electrons. The van der Waals surface area contributed by atoms with Crippen molar-refractivity contribution in [2.75, 3.05) is 7.11 Å². The first kappa shape index (κ1) is 7.99. The molecule has 0 aromatic rings. The van der Waals surface area contributed by atoms with E-state index in [1.54, 1.807) is 7.11 Å². The summed E-state index contributed by atoms with van der Waals surface area (Å²) in [4.78, 5) is 11.6. The second kappa shape index (κ2) is 2.43. The average molecular weight is 166 g/mol. The minimum Gasteiger partial charge on any atom is -0.370 e. The van der Waals surface area contributed by atoms with Crippen LogP contribution in [0.1, 0.15) is 19.8 Å². The Hall–Kier alpha value is -0.630. The number of methoxy groups -OCH3 is 1. The van der Waals surface area contributed by atoms with Gasteiger partial charge in [0.05, 0.1) is 0 Å². The van der Waals surface area contributed by atoms with Crippen molar-refractivity contribution in [1.82, 2.24) is 0 Å². The minimum atomic E-state index is -0.530. The molecule has 0 bridgehead atoms.